The summed E-state index contributed by atoms with van der Waals surface area (Å²) in [6, 6.07) is 10.2. The molecule has 0 aliphatic carbocycles. The lowest BCUT2D eigenvalue weighted by Gasteiger charge is -2.24. The Balaban J connectivity index is 1.78. The van der Waals surface area contributed by atoms with Gasteiger partial charge < -0.3 is 15.7 Å². The van der Waals surface area contributed by atoms with Crippen LogP contribution in [-0.4, -0.2) is 37.4 Å². The fraction of sp³-hybridized carbons (Fsp3) is 0.500. The maximum Gasteiger partial charge on any atom is 0.0620 e. The summed E-state index contributed by atoms with van der Waals surface area (Å²) in [4.78, 5) is 0. The zero-order valence-electron chi connectivity index (χ0n) is 11.4. The SMILES string of the molecule is OCC(/C=C/c1ccccc1)NCC1CCCNC1. The van der Waals surface area contributed by atoms with Crippen LogP contribution < -0.4 is 10.6 Å². The fourth-order valence-electron chi connectivity index (χ4n) is 2.40. The van der Waals surface area contributed by atoms with Gasteiger partial charge in [-0.25, -0.2) is 0 Å². The molecule has 1 heterocycles. The number of hydrogen-bond donors (Lipinski definition) is 3. The van der Waals surface area contributed by atoms with Crippen molar-refractivity contribution in [3.8, 4) is 0 Å². The van der Waals surface area contributed by atoms with Gasteiger partial charge in [-0.05, 0) is 44.0 Å². The van der Waals surface area contributed by atoms with E-state index in [0.717, 1.165) is 19.6 Å². The third-order valence-electron chi connectivity index (χ3n) is 3.58. The van der Waals surface area contributed by atoms with Crippen LogP contribution in [0.25, 0.3) is 6.08 Å². The Labute approximate surface area is 115 Å². The van der Waals surface area contributed by atoms with E-state index in [4.69, 9.17) is 0 Å². The van der Waals surface area contributed by atoms with Crippen molar-refractivity contribution in [2.45, 2.75) is 18.9 Å². The second kappa shape index (κ2) is 8.10. The minimum Gasteiger partial charge on any atom is -0.394 e. The van der Waals surface area contributed by atoms with Crippen LogP contribution in [0.3, 0.4) is 0 Å². The van der Waals surface area contributed by atoms with Crippen molar-refractivity contribution in [3.05, 3.63) is 42.0 Å². The zero-order valence-corrected chi connectivity index (χ0v) is 11.4. The highest BCUT2D eigenvalue weighted by atomic mass is 16.3. The van der Waals surface area contributed by atoms with E-state index in [1.165, 1.54) is 18.4 Å². The van der Waals surface area contributed by atoms with Crippen LogP contribution in [0.4, 0.5) is 0 Å². The van der Waals surface area contributed by atoms with Gasteiger partial charge in [0.05, 0.1) is 6.61 Å². The molecular weight excluding hydrogens is 236 g/mol. The maximum absolute atomic E-state index is 9.40. The fourth-order valence-corrected chi connectivity index (χ4v) is 2.40. The molecule has 3 nitrogen and oxygen atoms in total. The predicted molar refractivity (Wildman–Crippen MR) is 79.9 cm³/mol. The van der Waals surface area contributed by atoms with Gasteiger partial charge in [-0.2, -0.15) is 0 Å². The predicted octanol–water partition coefficient (Wildman–Crippen LogP) is 1.65. The number of piperidine rings is 1. The molecule has 1 aliphatic heterocycles. The van der Waals surface area contributed by atoms with E-state index in [0.29, 0.717) is 5.92 Å². The lowest BCUT2D eigenvalue weighted by molar-refractivity contribution is 0.253. The standard InChI is InChI=1S/C16H24N2O/c19-13-16(9-8-14-5-2-1-3-6-14)18-12-15-7-4-10-17-11-15/h1-3,5-6,8-9,15-19H,4,7,10-13H2/b9-8+. The molecule has 0 spiro atoms. The van der Waals surface area contributed by atoms with Gasteiger partial charge in [0.25, 0.3) is 0 Å². The summed E-state index contributed by atoms with van der Waals surface area (Å²) >= 11 is 0. The van der Waals surface area contributed by atoms with Gasteiger partial charge in [0.15, 0.2) is 0 Å². The number of nitrogens with one attached hydrogen (secondary N) is 2. The first-order chi connectivity index (χ1) is 9.38. The normalized spacial score (nSPS) is 21.6. The number of aliphatic hydroxyl groups is 1. The molecule has 0 radical (unpaired) electrons. The second-order valence-corrected chi connectivity index (χ2v) is 5.18. The number of benzene rings is 1. The Hall–Kier alpha value is -1.16. The van der Waals surface area contributed by atoms with Crippen molar-refractivity contribution in [1.82, 2.24) is 10.6 Å². The van der Waals surface area contributed by atoms with Crippen molar-refractivity contribution in [3.63, 3.8) is 0 Å². The number of aliphatic hydroxyl groups excluding tert-OH is 1. The van der Waals surface area contributed by atoms with Crippen molar-refractivity contribution >= 4 is 6.08 Å². The summed E-state index contributed by atoms with van der Waals surface area (Å²) in [5.41, 5.74) is 1.17. The monoisotopic (exact) mass is 260 g/mol. The molecule has 2 atom stereocenters. The highest BCUT2D eigenvalue weighted by molar-refractivity contribution is 5.49. The number of rotatable bonds is 6. The van der Waals surface area contributed by atoms with Crippen molar-refractivity contribution in [1.29, 1.82) is 0 Å². The smallest absolute Gasteiger partial charge is 0.0620 e. The van der Waals surface area contributed by atoms with Crippen molar-refractivity contribution in [2.75, 3.05) is 26.2 Å². The molecule has 104 valence electrons. The summed E-state index contributed by atoms with van der Waals surface area (Å²) < 4.78 is 0. The molecule has 1 saturated heterocycles. The first-order valence-corrected chi connectivity index (χ1v) is 7.16. The molecule has 19 heavy (non-hydrogen) atoms. The molecule has 2 rings (SSSR count). The lowest BCUT2D eigenvalue weighted by atomic mass is 9.99. The van der Waals surface area contributed by atoms with Crippen molar-refractivity contribution < 1.29 is 5.11 Å². The largest absolute Gasteiger partial charge is 0.394 e. The molecule has 0 saturated carbocycles. The van der Waals surface area contributed by atoms with Gasteiger partial charge in [-0.3, -0.25) is 0 Å². The molecule has 1 aromatic rings. The molecule has 1 fully saturated rings. The van der Waals surface area contributed by atoms with Crippen LogP contribution in [0.1, 0.15) is 18.4 Å². The van der Waals surface area contributed by atoms with E-state index >= 15 is 0 Å². The molecule has 1 aromatic carbocycles. The Morgan fingerprint density at radius 1 is 1.37 bits per heavy atom. The zero-order chi connectivity index (χ0) is 13.3. The van der Waals surface area contributed by atoms with Crippen LogP contribution in [0.5, 0.6) is 0 Å². The minimum atomic E-state index is 0.0436. The topological polar surface area (TPSA) is 44.3 Å². The van der Waals surface area contributed by atoms with E-state index < -0.39 is 0 Å². The molecule has 1 aliphatic rings. The van der Waals surface area contributed by atoms with Crippen LogP contribution in [0.15, 0.2) is 36.4 Å². The van der Waals surface area contributed by atoms with E-state index in [1.807, 2.05) is 24.3 Å². The Bertz CT molecular complexity index is 372. The van der Waals surface area contributed by atoms with E-state index in [2.05, 4.69) is 28.8 Å². The van der Waals surface area contributed by atoms with Crippen molar-refractivity contribution in [2.24, 2.45) is 5.92 Å². The van der Waals surface area contributed by atoms with Crippen LogP contribution in [0, 0.1) is 5.92 Å². The van der Waals surface area contributed by atoms with Gasteiger partial charge in [-0.15, -0.1) is 0 Å². The molecule has 0 amide bonds. The third kappa shape index (κ3) is 5.15. The molecule has 0 bridgehead atoms. The molecule has 2 unspecified atom stereocenters. The summed E-state index contributed by atoms with van der Waals surface area (Å²) in [5.74, 6) is 0.688. The summed E-state index contributed by atoms with van der Waals surface area (Å²) in [7, 11) is 0. The Morgan fingerprint density at radius 3 is 2.89 bits per heavy atom. The molecule has 3 heteroatoms. The third-order valence-corrected chi connectivity index (χ3v) is 3.58. The van der Waals surface area contributed by atoms with E-state index in [9.17, 15) is 5.11 Å². The van der Waals surface area contributed by atoms with Crippen LogP contribution in [0.2, 0.25) is 0 Å². The number of hydrogen-bond acceptors (Lipinski definition) is 3. The first-order valence-electron chi connectivity index (χ1n) is 7.16. The van der Waals surface area contributed by atoms with Gasteiger partial charge in [0.1, 0.15) is 0 Å². The van der Waals surface area contributed by atoms with E-state index in [1.54, 1.807) is 0 Å². The van der Waals surface area contributed by atoms with Crippen LogP contribution in [-0.2, 0) is 0 Å². The second-order valence-electron chi connectivity index (χ2n) is 5.18. The van der Waals surface area contributed by atoms with Gasteiger partial charge in [-0.1, -0.05) is 42.5 Å². The van der Waals surface area contributed by atoms with Crippen LogP contribution >= 0.6 is 0 Å². The maximum atomic E-state index is 9.40. The highest BCUT2D eigenvalue weighted by Crippen LogP contribution is 2.09. The summed E-state index contributed by atoms with van der Waals surface area (Å²) in [6.45, 7) is 3.35. The quantitative estimate of drug-likeness (QED) is 0.729. The summed E-state index contributed by atoms with van der Waals surface area (Å²) in [6.07, 6.45) is 6.65. The Kier molecular flexibility index (Phi) is 6.08. The highest BCUT2D eigenvalue weighted by Gasteiger charge is 2.13. The molecule has 0 aromatic heterocycles. The molecular formula is C16H24N2O. The van der Waals surface area contributed by atoms with E-state index in [-0.39, 0.29) is 12.6 Å². The van der Waals surface area contributed by atoms with Gasteiger partial charge >= 0.3 is 0 Å². The van der Waals surface area contributed by atoms with Gasteiger partial charge in [0.2, 0.25) is 0 Å². The summed E-state index contributed by atoms with van der Waals surface area (Å²) in [5, 5.41) is 16.3. The Morgan fingerprint density at radius 2 is 2.21 bits per heavy atom. The average molecular weight is 260 g/mol. The lowest BCUT2D eigenvalue weighted by Crippen LogP contribution is -2.40. The first kappa shape index (κ1) is 14.3. The minimum absolute atomic E-state index is 0.0436. The molecule has 3 N–H and O–H groups in total. The average Bonchev–Trinajstić information content (AvgIpc) is 2.49. The van der Waals surface area contributed by atoms with Gasteiger partial charge in [0, 0.05) is 6.04 Å².